The molecular weight excluding hydrogens is 430 g/mol. The fourth-order valence-corrected chi connectivity index (χ4v) is 4.20. The average Bonchev–Trinajstić information content (AvgIpc) is 3.47. The number of aromatic nitrogens is 6. The molecule has 1 fully saturated rings. The molecule has 1 aliphatic heterocycles. The number of nitrogens with zero attached hydrogens (tertiary/aromatic N) is 6. The zero-order valence-corrected chi connectivity index (χ0v) is 19.8. The Bertz CT molecular complexity index is 1300. The van der Waals surface area contributed by atoms with Gasteiger partial charge in [0.15, 0.2) is 11.6 Å². The molecule has 0 saturated carbocycles. The summed E-state index contributed by atoms with van der Waals surface area (Å²) in [6.07, 6.45) is 6.92. The largest absolute Gasteiger partial charge is 0.494 e. The fourth-order valence-electron chi connectivity index (χ4n) is 4.20. The molecule has 0 spiro atoms. The average molecular weight is 460 g/mol. The molecule has 0 amide bonds. The number of pyridine rings is 1. The van der Waals surface area contributed by atoms with Crippen LogP contribution in [0.4, 0.5) is 5.82 Å². The van der Waals surface area contributed by atoms with E-state index in [4.69, 9.17) is 14.5 Å². The molecule has 176 valence electrons. The normalized spacial score (nSPS) is 17.9. The van der Waals surface area contributed by atoms with Gasteiger partial charge in [0.2, 0.25) is 0 Å². The SMILES string of the molecule is CCOc1cc(-c2nncn2C)ccc1Cc1ncc2ccnc(NCC3(C)CCOC3)c2n1. The lowest BCUT2D eigenvalue weighted by molar-refractivity contribution is 0.164. The Hall–Kier alpha value is -3.59. The number of anilines is 1. The summed E-state index contributed by atoms with van der Waals surface area (Å²) in [5.74, 6) is 3.08. The van der Waals surface area contributed by atoms with E-state index in [2.05, 4.69) is 32.4 Å². The molecular formula is C25H29N7O2. The zero-order chi connectivity index (χ0) is 23.5. The second-order valence-corrected chi connectivity index (χ2v) is 9.05. The van der Waals surface area contributed by atoms with Crippen molar-refractivity contribution >= 4 is 16.7 Å². The highest BCUT2D eigenvalue weighted by molar-refractivity contribution is 5.87. The number of hydrogen-bond acceptors (Lipinski definition) is 8. The van der Waals surface area contributed by atoms with Gasteiger partial charge in [-0.1, -0.05) is 19.1 Å². The summed E-state index contributed by atoms with van der Waals surface area (Å²) in [6, 6.07) is 8.02. The summed E-state index contributed by atoms with van der Waals surface area (Å²) >= 11 is 0. The van der Waals surface area contributed by atoms with Crippen molar-refractivity contribution in [3.05, 3.63) is 54.4 Å². The van der Waals surface area contributed by atoms with Crippen LogP contribution in [0.5, 0.6) is 5.75 Å². The van der Waals surface area contributed by atoms with Crippen molar-refractivity contribution in [3.63, 3.8) is 0 Å². The summed E-state index contributed by atoms with van der Waals surface area (Å²) in [5.41, 5.74) is 2.90. The number of ether oxygens (including phenoxy) is 2. The maximum absolute atomic E-state index is 5.96. The molecule has 1 aromatic carbocycles. The van der Waals surface area contributed by atoms with E-state index in [1.54, 1.807) is 12.5 Å². The van der Waals surface area contributed by atoms with E-state index >= 15 is 0 Å². The third kappa shape index (κ3) is 4.56. The van der Waals surface area contributed by atoms with Crippen LogP contribution in [0.1, 0.15) is 31.7 Å². The first kappa shape index (κ1) is 22.2. The van der Waals surface area contributed by atoms with Crippen LogP contribution >= 0.6 is 0 Å². The first-order chi connectivity index (χ1) is 16.5. The minimum absolute atomic E-state index is 0.108. The van der Waals surface area contributed by atoms with E-state index in [9.17, 15) is 0 Å². The summed E-state index contributed by atoms with van der Waals surface area (Å²) < 4.78 is 13.4. The Morgan fingerprint density at radius 2 is 2.15 bits per heavy atom. The van der Waals surface area contributed by atoms with E-state index < -0.39 is 0 Å². The Morgan fingerprint density at radius 3 is 2.91 bits per heavy atom. The van der Waals surface area contributed by atoms with Crippen LogP contribution in [-0.2, 0) is 18.2 Å². The van der Waals surface area contributed by atoms with Gasteiger partial charge >= 0.3 is 0 Å². The molecule has 0 bridgehead atoms. The van der Waals surface area contributed by atoms with Crippen molar-refractivity contribution in [2.24, 2.45) is 12.5 Å². The van der Waals surface area contributed by atoms with E-state index in [0.717, 1.165) is 65.6 Å². The van der Waals surface area contributed by atoms with Crippen molar-refractivity contribution in [1.29, 1.82) is 0 Å². The van der Waals surface area contributed by atoms with Crippen LogP contribution in [0.3, 0.4) is 0 Å². The smallest absolute Gasteiger partial charge is 0.163 e. The number of hydrogen-bond donors (Lipinski definition) is 1. The second kappa shape index (κ2) is 9.34. The number of rotatable bonds is 8. The van der Waals surface area contributed by atoms with Gasteiger partial charge < -0.3 is 19.4 Å². The molecule has 1 atom stereocenters. The molecule has 9 heteroatoms. The molecule has 0 aliphatic carbocycles. The third-order valence-electron chi connectivity index (χ3n) is 6.22. The summed E-state index contributed by atoms with van der Waals surface area (Å²) in [6.45, 7) is 7.13. The maximum Gasteiger partial charge on any atom is 0.163 e. The highest BCUT2D eigenvalue weighted by Crippen LogP contribution is 2.30. The highest BCUT2D eigenvalue weighted by Gasteiger charge is 2.29. The molecule has 4 heterocycles. The van der Waals surface area contributed by atoms with Gasteiger partial charge in [-0.05, 0) is 25.5 Å². The lowest BCUT2D eigenvalue weighted by atomic mass is 9.90. The predicted molar refractivity (Wildman–Crippen MR) is 130 cm³/mol. The molecule has 1 aliphatic rings. The molecule has 1 N–H and O–H groups in total. The van der Waals surface area contributed by atoms with Crippen molar-refractivity contribution in [2.75, 3.05) is 31.7 Å². The van der Waals surface area contributed by atoms with Crippen LogP contribution in [-0.4, -0.2) is 56.1 Å². The standard InChI is InChI=1S/C25H29N7O2/c1-4-34-20-11-18(24-31-29-16-32(24)3)6-5-17(20)12-21-27-13-19-7-9-26-23(22(19)30-21)28-14-25(2)8-10-33-15-25/h5-7,9,11,13,16H,4,8,10,12,14-15H2,1-3H3,(H,26,28). The van der Waals surface area contributed by atoms with Gasteiger partial charge in [0.25, 0.3) is 0 Å². The molecule has 34 heavy (non-hydrogen) atoms. The quantitative estimate of drug-likeness (QED) is 0.426. The first-order valence-corrected chi connectivity index (χ1v) is 11.6. The molecule has 0 radical (unpaired) electrons. The Balaban J connectivity index is 1.42. The summed E-state index contributed by atoms with van der Waals surface area (Å²) in [7, 11) is 1.92. The van der Waals surface area contributed by atoms with E-state index in [1.807, 2.05) is 49.0 Å². The van der Waals surface area contributed by atoms with Crippen LogP contribution in [0.15, 0.2) is 43.0 Å². The summed E-state index contributed by atoms with van der Waals surface area (Å²) in [4.78, 5) is 14.1. The molecule has 9 nitrogen and oxygen atoms in total. The Kier molecular flexibility index (Phi) is 6.10. The molecule has 1 unspecified atom stereocenters. The van der Waals surface area contributed by atoms with Gasteiger partial charge in [-0.2, -0.15) is 0 Å². The summed E-state index contributed by atoms with van der Waals surface area (Å²) in [5, 5.41) is 12.6. The van der Waals surface area contributed by atoms with Crippen molar-refractivity contribution in [3.8, 4) is 17.1 Å². The van der Waals surface area contributed by atoms with Gasteiger partial charge in [0, 0.05) is 60.9 Å². The molecule has 1 saturated heterocycles. The lowest BCUT2D eigenvalue weighted by Gasteiger charge is -2.22. The van der Waals surface area contributed by atoms with E-state index in [0.29, 0.717) is 18.9 Å². The zero-order valence-electron chi connectivity index (χ0n) is 19.8. The first-order valence-electron chi connectivity index (χ1n) is 11.6. The number of fused-ring (bicyclic) bond motifs is 1. The van der Waals surface area contributed by atoms with Gasteiger partial charge in [-0.3, -0.25) is 0 Å². The monoisotopic (exact) mass is 459 g/mol. The second-order valence-electron chi connectivity index (χ2n) is 9.05. The number of nitrogens with one attached hydrogen (secondary N) is 1. The van der Waals surface area contributed by atoms with Crippen LogP contribution in [0.2, 0.25) is 0 Å². The maximum atomic E-state index is 5.96. The van der Waals surface area contributed by atoms with Crippen LogP contribution in [0, 0.1) is 5.41 Å². The fraction of sp³-hybridized carbons (Fsp3) is 0.400. The minimum Gasteiger partial charge on any atom is -0.494 e. The van der Waals surface area contributed by atoms with Crippen molar-refractivity contribution < 1.29 is 9.47 Å². The van der Waals surface area contributed by atoms with Gasteiger partial charge in [-0.25, -0.2) is 15.0 Å². The third-order valence-corrected chi connectivity index (χ3v) is 6.22. The Morgan fingerprint density at radius 1 is 1.24 bits per heavy atom. The molecule has 5 rings (SSSR count). The number of benzene rings is 1. The minimum atomic E-state index is 0.108. The van der Waals surface area contributed by atoms with Crippen LogP contribution in [0.25, 0.3) is 22.3 Å². The predicted octanol–water partition coefficient (Wildman–Crippen LogP) is 3.65. The highest BCUT2D eigenvalue weighted by atomic mass is 16.5. The molecule has 4 aromatic rings. The lowest BCUT2D eigenvalue weighted by Crippen LogP contribution is -2.27. The topological polar surface area (TPSA) is 99.9 Å². The van der Waals surface area contributed by atoms with E-state index in [-0.39, 0.29) is 5.41 Å². The van der Waals surface area contributed by atoms with Crippen molar-refractivity contribution in [2.45, 2.75) is 26.7 Å². The van der Waals surface area contributed by atoms with Gasteiger partial charge in [0.1, 0.15) is 23.4 Å². The van der Waals surface area contributed by atoms with Gasteiger partial charge in [-0.15, -0.1) is 10.2 Å². The Labute approximate surface area is 198 Å². The number of aryl methyl sites for hydroxylation is 1. The van der Waals surface area contributed by atoms with E-state index in [1.165, 1.54) is 0 Å². The van der Waals surface area contributed by atoms with Gasteiger partial charge in [0.05, 0.1) is 13.2 Å². The molecule has 3 aromatic heterocycles. The van der Waals surface area contributed by atoms with Crippen molar-refractivity contribution in [1.82, 2.24) is 29.7 Å². The van der Waals surface area contributed by atoms with Crippen LogP contribution < -0.4 is 10.1 Å².